The summed E-state index contributed by atoms with van der Waals surface area (Å²) in [5.41, 5.74) is 7.31. The summed E-state index contributed by atoms with van der Waals surface area (Å²) in [6.45, 7) is 1.64. The third kappa shape index (κ3) is 4.24. The molecule has 3 heterocycles. The van der Waals surface area contributed by atoms with Crippen LogP contribution >= 0.6 is 0 Å². The minimum Gasteiger partial charge on any atom is -0.480 e. The third-order valence-corrected chi connectivity index (χ3v) is 4.22. The largest absolute Gasteiger partial charge is 0.480 e. The Bertz CT molecular complexity index is 738. The van der Waals surface area contributed by atoms with Gasteiger partial charge in [0.1, 0.15) is 11.4 Å². The van der Waals surface area contributed by atoms with Gasteiger partial charge in [0.15, 0.2) is 0 Å². The van der Waals surface area contributed by atoms with Crippen molar-refractivity contribution >= 4 is 11.7 Å². The van der Waals surface area contributed by atoms with E-state index in [1.54, 1.807) is 29.4 Å². The van der Waals surface area contributed by atoms with Crippen molar-refractivity contribution in [2.75, 3.05) is 32.5 Å². The number of aryl methyl sites for hydroxylation is 1. The third-order valence-electron chi connectivity index (χ3n) is 4.22. The molecule has 0 radical (unpaired) electrons. The van der Waals surface area contributed by atoms with Gasteiger partial charge in [-0.05, 0) is 42.7 Å². The van der Waals surface area contributed by atoms with E-state index in [0.29, 0.717) is 37.0 Å². The minimum absolute atomic E-state index is 0.00486. The van der Waals surface area contributed by atoms with Crippen LogP contribution in [-0.2, 0) is 11.2 Å². The first-order chi connectivity index (χ1) is 12.2. The van der Waals surface area contributed by atoms with Crippen LogP contribution in [0.4, 0.5) is 5.82 Å². The number of hydrogen-bond acceptors (Lipinski definition) is 6. The van der Waals surface area contributed by atoms with E-state index in [2.05, 4.69) is 9.97 Å². The van der Waals surface area contributed by atoms with Gasteiger partial charge in [-0.1, -0.05) is 0 Å². The summed E-state index contributed by atoms with van der Waals surface area (Å²) >= 11 is 0. The molecule has 1 fully saturated rings. The molecule has 1 unspecified atom stereocenters. The quantitative estimate of drug-likeness (QED) is 0.886. The summed E-state index contributed by atoms with van der Waals surface area (Å²) in [5, 5.41) is 0. The zero-order valence-electron chi connectivity index (χ0n) is 14.2. The number of nitrogens with two attached hydrogens (primary N) is 1. The maximum atomic E-state index is 12.8. The molecule has 25 heavy (non-hydrogen) atoms. The molecule has 1 aliphatic heterocycles. The fourth-order valence-electron chi connectivity index (χ4n) is 2.94. The lowest BCUT2D eigenvalue weighted by atomic mass is 10.1. The second-order valence-corrected chi connectivity index (χ2v) is 5.93. The van der Waals surface area contributed by atoms with Gasteiger partial charge in [0.25, 0.3) is 5.91 Å². The normalized spacial score (nSPS) is 17.3. The number of methoxy groups -OCH3 is 1. The topological polar surface area (TPSA) is 90.6 Å². The number of nitrogen functional groups attached to an aromatic ring is 1. The predicted molar refractivity (Wildman–Crippen MR) is 93.4 cm³/mol. The van der Waals surface area contributed by atoms with Crippen molar-refractivity contribution in [1.29, 1.82) is 0 Å². The van der Waals surface area contributed by atoms with Crippen molar-refractivity contribution in [1.82, 2.24) is 14.9 Å². The molecule has 132 valence electrons. The van der Waals surface area contributed by atoms with E-state index in [4.69, 9.17) is 15.2 Å². The van der Waals surface area contributed by atoms with Crippen LogP contribution in [0.15, 0.2) is 36.7 Å². The van der Waals surface area contributed by atoms with E-state index in [1.807, 2.05) is 12.1 Å². The van der Waals surface area contributed by atoms with Crippen molar-refractivity contribution < 1.29 is 14.3 Å². The minimum atomic E-state index is -0.0774. The van der Waals surface area contributed by atoms with Gasteiger partial charge in [0.2, 0.25) is 5.88 Å². The molecule has 1 saturated heterocycles. The Morgan fingerprint density at radius 3 is 3.08 bits per heavy atom. The second kappa shape index (κ2) is 7.94. The molecule has 0 saturated carbocycles. The second-order valence-electron chi connectivity index (χ2n) is 5.93. The Labute approximate surface area is 146 Å². The molecular weight excluding hydrogens is 320 g/mol. The molecule has 2 aromatic rings. The summed E-state index contributed by atoms with van der Waals surface area (Å²) in [7, 11) is 1.52. The van der Waals surface area contributed by atoms with Crippen molar-refractivity contribution in [3.8, 4) is 5.88 Å². The molecule has 7 nitrogen and oxygen atoms in total. The highest BCUT2D eigenvalue weighted by Gasteiger charge is 2.26. The highest BCUT2D eigenvalue weighted by Crippen LogP contribution is 2.19. The highest BCUT2D eigenvalue weighted by atomic mass is 16.5. The average molecular weight is 342 g/mol. The molecule has 1 amide bonds. The van der Waals surface area contributed by atoms with Gasteiger partial charge in [-0.2, -0.15) is 0 Å². The lowest BCUT2D eigenvalue weighted by molar-refractivity contribution is -0.0247. The Kier molecular flexibility index (Phi) is 5.45. The van der Waals surface area contributed by atoms with E-state index in [9.17, 15) is 4.79 Å². The molecule has 0 aliphatic carbocycles. The van der Waals surface area contributed by atoms with Gasteiger partial charge >= 0.3 is 0 Å². The molecule has 1 aliphatic rings. The van der Waals surface area contributed by atoms with Crippen molar-refractivity contribution in [2.24, 2.45) is 0 Å². The Morgan fingerprint density at radius 1 is 1.40 bits per heavy atom. The molecule has 7 heteroatoms. The van der Waals surface area contributed by atoms with Crippen LogP contribution in [0.1, 0.15) is 22.3 Å². The molecule has 1 atom stereocenters. The van der Waals surface area contributed by atoms with Gasteiger partial charge in [-0.25, -0.2) is 9.97 Å². The number of carbonyl (C=O) groups excluding carboxylic acids is 1. The molecule has 2 N–H and O–H groups in total. The number of carbonyl (C=O) groups is 1. The van der Waals surface area contributed by atoms with Gasteiger partial charge in [-0.3, -0.25) is 4.79 Å². The van der Waals surface area contributed by atoms with Crippen LogP contribution in [0.2, 0.25) is 0 Å². The summed E-state index contributed by atoms with van der Waals surface area (Å²) in [6, 6.07) is 7.29. The monoisotopic (exact) mass is 342 g/mol. The molecule has 3 rings (SSSR count). The van der Waals surface area contributed by atoms with Crippen molar-refractivity contribution in [3.63, 3.8) is 0 Å². The van der Waals surface area contributed by atoms with Crippen LogP contribution in [-0.4, -0.2) is 53.7 Å². The molecular formula is C18H22N4O3. The number of nitrogens with zero attached hydrogens (tertiary/aromatic N) is 3. The first-order valence-electron chi connectivity index (χ1n) is 8.27. The van der Waals surface area contributed by atoms with Crippen molar-refractivity contribution in [3.05, 3.63) is 47.8 Å². The molecule has 2 aromatic heterocycles. The zero-order valence-corrected chi connectivity index (χ0v) is 14.2. The SMILES string of the molecule is COc1ncccc1C(=O)N1CCOC(CCc2ccnc(N)c2)C1. The van der Waals surface area contributed by atoms with Gasteiger partial charge in [0.05, 0.1) is 19.8 Å². The number of hydrogen-bond donors (Lipinski definition) is 1. The number of amides is 1. The van der Waals surface area contributed by atoms with Gasteiger partial charge in [-0.15, -0.1) is 0 Å². The summed E-state index contributed by atoms with van der Waals surface area (Å²) in [4.78, 5) is 22.7. The Balaban J connectivity index is 1.61. The predicted octanol–water partition coefficient (Wildman–Crippen LogP) is 1.54. The molecule has 0 spiro atoms. The lowest BCUT2D eigenvalue weighted by Gasteiger charge is -2.33. The van der Waals surface area contributed by atoms with E-state index in [1.165, 1.54) is 7.11 Å². The van der Waals surface area contributed by atoms with E-state index in [-0.39, 0.29) is 12.0 Å². The highest BCUT2D eigenvalue weighted by molar-refractivity contribution is 5.96. The number of rotatable bonds is 5. The fourth-order valence-corrected chi connectivity index (χ4v) is 2.94. The van der Waals surface area contributed by atoms with Crippen LogP contribution in [0.25, 0.3) is 0 Å². The first kappa shape index (κ1) is 17.2. The Morgan fingerprint density at radius 2 is 2.28 bits per heavy atom. The number of ether oxygens (including phenoxy) is 2. The Hall–Kier alpha value is -2.67. The van der Waals surface area contributed by atoms with Crippen molar-refractivity contribution in [2.45, 2.75) is 18.9 Å². The standard InChI is InChI=1S/C18H22N4O3/c1-24-17-15(3-2-7-21-17)18(23)22-9-10-25-14(12-22)5-4-13-6-8-20-16(19)11-13/h2-3,6-8,11,14H,4-5,9-10,12H2,1H3,(H2,19,20). The maximum Gasteiger partial charge on any atom is 0.259 e. The fraction of sp³-hybridized carbons (Fsp3) is 0.389. The number of pyridine rings is 2. The van der Waals surface area contributed by atoms with E-state index >= 15 is 0 Å². The number of morpholine rings is 1. The van der Waals surface area contributed by atoms with Gasteiger partial charge in [0, 0.05) is 25.5 Å². The van der Waals surface area contributed by atoms with Crippen LogP contribution in [0.3, 0.4) is 0 Å². The van der Waals surface area contributed by atoms with Crippen LogP contribution < -0.4 is 10.5 Å². The maximum absolute atomic E-state index is 12.8. The average Bonchev–Trinajstić information content (AvgIpc) is 2.66. The van der Waals surface area contributed by atoms with E-state index < -0.39 is 0 Å². The zero-order chi connectivity index (χ0) is 17.6. The smallest absolute Gasteiger partial charge is 0.259 e. The molecule has 0 bridgehead atoms. The van der Waals surface area contributed by atoms with Crippen LogP contribution in [0, 0.1) is 0 Å². The summed E-state index contributed by atoms with van der Waals surface area (Å²) in [6.07, 6.45) is 4.96. The first-order valence-corrected chi connectivity index (χ1v) is 8.27. The van der Waals surface area contributed by atoms with E-state index in [0.717, 1.165) is 18.4 Å². The van der Waals surface area contributed by atoms with Gasteiger partial charge < -0.3 is 20.1 Å². The lowest BCUT2D eigenvalue weighted by Crippen LogP contribution is -2.45. The summed E-state index contributed by atoms with van der Waals surface area (Å²) in [5.74, 6) is 0.789. The number of anilines is 1. The molecule has 0 aromatic carbocycles. The summed E-state index contributed by atoms with van der Waals surface area (Å²) < 4.78 is 11.0. The number of aromatic nitrogens is 2. The van der Waals surface area contributed by atoms with Crippen LogP contribution in [0.5, 0.6) is 5.88 Å².